The Morgan fingerprint density at radius 2 is 1.96 bits per heavy atom. The summed E-state index contributed by atoms with van der Waals surface area (Å²) in [4.78, 5) is 8.88. The molecule has 2 unspecified atom stereocenters. The van der Waals surface area contributed by atoms with E-state index in [4.69, 9.17) is 9.73 Å². The minimum atomic E-state index is -0.513. The lowest BCUT2D eigenvalue weighted by molar-refractivity contribution is 0.0220. The molecule has 8 heteroatoms. The molecule has 156 valence electrons. The number of benzene rings is 1. The van der Waals surface area contributed by atoms with Crippen LogP contribution in [-0.2, 0) is 4.74 Å². The number of hydrogen-bond donors (Lipinski definition) is 2. The molecule has 0 aliphatic carbocycles. The Kier molecular flexibility index (Phi) is 7.44. The first-order valence-corrected chi connectivity index (χ1v) is 10.1. The van der Waals surface area contributed by atoms with Gasteiger partial charge in [0.25, 0.3) is 0 Å². The number of aliphatic imine (C=N–C) groups is 1. The van der Waals surface area contributed by atoms with Gasteiger partial charge in [-0.3, -0.25) is 9.89 Å². The predicted molar refractivity (Wildman–Crippen MR) is 108 cm³/mol. The van der Waals surface area contributed by atoms with E-state index >= 15 is 0 Å². The molecule has 2 aliphatic heterocycles. The van der Waals surface area contributed by atoms with Crippen molar-refractivity contribution in [2.24, 2.45) is 4.99 Å². The standard InChI is InChI=1S/C20H31F2N5O/c1-3-23-20(24-13-15(2)26-9-11-28-12-10-26)25-16-7-8-27(14-16)19-17(21)5-4-6-18(19)22/h4-6,15-16H,3,7-14H2,1-2H3,(H2,23,24,25). The number of anilines is 1. The molecule has 0 bridgehead atoms. The molecule has 1 aromatic carbocycles. The van der Waals surface area contributed by atoms with Gasteiger partial charge in [-0.25, -0.2) is 8.78 Å². The average Bonchev–Trinajstić information content (AvgIpc) is 3.14. The molecule has 0 spiro atoms. The van der Waals surface area contributed by atoms with Crippen LogP contribution in [0.5, 0.6) is 0 Å². The quantitative estimate of drug-likeness (QED) is 0.569. The minimum absolute atomic E-state index is 0.0645. The molecule has 2 saturated heterocycles. The number of ether oxygens (including phenoxy) is 1. The van der Waals surface area contributed by atoms with Crippen LogP contribution in [0.25, 0.3) is 0 Å². The van der Waals surface area contributed by atoms with Crippen LogP contribution in [0.1, 0.15) is 20.3 Å². The Morgan fingerprint density at radius 3 is 2.64 bits per heavy atom. The second-order valence-electron chi connectivity index (χ2n) is 7.36. The van der Waals surface area contributed by atoms with Gasteiger partial charge in [-0.1, -0.05) is 6.07 Å². The largest absolute Gasteiger partial charge is 0.379 e. The number of halogens is 2. The SMILES string of the molecule is CCNC(=NCC(C)N1CCOCC1)NC1CCN(c2c(F)cccc2F)C1. The van der Waals surface area contributed by atoms with Gasteiger partial charge in [0.05, 0.1) is 19.8 Å². The monoisotopic (exact) mass is 395 g/mol. The molecular formula is C20H31F2N5O. The summed E-state index contributed by atoms with van der Waals surface area (Å²) in [6, 6.07) is 4.43. The number of hydrogen-bond acceptors (Lipinski definition) is 4. The van der Waals surface area contributed by atoms with Gasteiger partial charge in [-0.05, 0) is 32.4 Å². The van der Waals surface area contributed by atoms with E-state index in [2.05, 4.69) is 22.5 Å². The third kappa shape index (κ3) is 5.32. The van der Waals surface area contributed by atoms with Gasteiger partial charge < -0.3 is 20.3 Å². The number of guanidine groups is 1. The van der Waals surface area contributed by atoms with E-state index in [1.54, 1.807) is 4.90 Å². The third-order valence-electron chi connectivity index (χ3n) is 5.31. The Labute approximate surface area is 165 Å². The van der Waals surface area contributed by atoms with Gasteiger partial charge in [0.2, 0.25) is 0 Å². The Bertz CT molecular complexity index is 646. The molecule has 0 aromatic heterocycles. The van der Waals surface area contributed by atoms with Crippen LogP contribution in [0.15, 0.2) is 23.2 Å². The summed E-state index contributed by atoms with van der Waals surface area (Å²) in [6.07, 6.45) is 0.803. The molecule has 0 radical (unpaired) electrons. The van der Waals surface area contributed by atoms with Crippen molar-refractivity contribution in [3.63, 3.8) is 0 Å². The van der Waals surface area contributed by atoms with Crippen molar-refractivity contribution in [1.29, 1.82) is 0 Å². The zero-order valence-corrected chi connectivity index (χ0v) is 16.8. The Balaban J connectivity index is 1.57. The highest BCUT2D eigenvalue weighted by atomic mass is 19.1. The van der Waals surface area contributed by atoms with E-state index in [1.165, 1.54) is 18.2 Å². The number of para-hydroxylation sites is 1. The van der Waals surface area contributed by atoms with Crippen molar-refractivity contribution in [2.45, 2.75) is 32.4 Å². The van der Waals surface area contributed by atoms with Gasteiger partial charge in [0, 0.05) is 44.8 Å². The van der Waals surface area contributed by atoms with Gasteiger partial charge >= 0.3 is 0 Å². The summed E-state index contributed by atoms with van der Waals surface area (Å²) in [5.41, 5.74) is 0.0645. The second-order valence-corrected chi connectivity index (χ2v) is 7.36. The maximum Gasteiger partial charge on any atom is 0.191 e. The van der Waals surface area contributed by atoms with Crippen LogP contribution >= 0.6 is 0 Å². The molecule has 0 amide bonds. The maximum atomic E-state index is 14.0. The first kappa shape index (κ1) is 20.8. The fourth-order valence-electron chi connectivity index (χ4n) is 3.74. The number of rotatable bonds is 6. The van der Waals surface area contributed by atoms with E-state index in [-0.39, 0.29) is 11.7 Å². The zero-order chi connectivity index (χ0) is 19.9. The van der Waals surface area contributed by atoms with E-state index in [9.17, 15) is 8.78 Å². The highest BCUT2D eigenvalue weighted by Gasteiger charge is 2.27. The van der Waals surface area contributed by atoms with Crippen molar-refractivity contribution in [3.05, 3.63) is 29.8 Å². The zero-order valence-electron chi connectivity index (χ0n) is 16.8. The Morgan fingerprint density at radius 1 is 1.25 bits per heavy atom. The lowest BCUT2D eigenvalue weighted by atomic mass is 10.2. The molecule has 3 rings (SSSR count). The lowest BCUT2D eigenvalue weighted by Crippen LogP contribution is -2.46. The second kappa shape index (κ2) is 10.0. The van der Waals surface area contributed by atoms with Crippen molar-refractivity contribution >= 4 is 11.6 Å². The van der Waals surface area contributed by atoms with Crippen LogP contribution in [0.4, 0.5) is 14.5 Å². The predicted octanol–water partition coefficient (Wildman–Crippen LogP) is 1.82. The first-order valence-electron chi connectivity index (χ1n) is 10.1. The van der Waals surface area contributed by atoms with Gasteiger partial charge in [-0.15, -0.1) is 0 Å². The molecular weight excluding hydrogens is 364 g/mol. The molecule has 6 nitrogen and oxygen atoms in total. The van der Waals surface area contributed by atoms with Gasteiger partial charge in [0.15, 0.2) is 5.96 Å². The minimum Gasteiger partial charge on any atom is -0.379 e. The fraction of sp³-hybridized carbons (Fsp3) is 0.650. The van der Waals surface area contributed by atoms with Gasteiger partial charge in [0.1, 0.15) is 17.3 Å². The van der Waals surface area contributed by atoms with Crippen molar-refractivity contribution in [2.75, 3.05) is 57.4 Å². The van der Waals surface area contributed by atoms with Crippen molar-refractivity contribution < 1.29 is 13.5 Å². The topological polar surface area (TPSA) is 52.1 Å². The number of nitrogens with one attached hydrogen (secondary N) is 2. The normalized spacial score (nSPS) is 22.4. The Hall–Kier alpha value is -1.93. The van der Waals surface area contributed by atoms with Gasteiger partial charge in [-0.2, -0.15) is 0 Å². The molecule has 2 fully saturated rings. The van der Waals surface area contributed by atoms with Crippen LogP contribution in [0.2, 0.25) is 0 Å². The van der Waals surface area contributed by atoms with E-state index < -0.39 is 11.6 Å². The highest BCUT2D eigenvalue weighted by molar-refractivity contribution is 5.80. The molecule has 2 heterocycles. The van der Waals surface area contributed by atoms with E-state index in [1.807, 2.05) is 6.92 Å². The molecule has 2 atom stereocenters. The van der Waals surface area contributed by atoms with Crippen molar-refractivity contribution in [1.82, 2.24) is 15.5 Å². The molecule has 1 aromatic rings. The molecule has 28 heavy (non-hydrogen) atoms. The molecule has 2 aliphatic rings. The molecule has 2 N–H and O–H groups in total. The summed E-state index contributed by atoms with van der Waals surface area (Å²) in [7, 11) is 0. The summed E-state index contributed by atoms with van der Waals surface area (Å²) in [5.74, 6) is -0.274. The van der Waals surface area contributed by atoms with Crippen molar-refractivity contribution in [3.8, 4) is 0 Å². The average molecular weight is 395 g/mol. The third-order valence-corrected chi connectivity index (χ3v) is 5.31. The number of morpholine rings is 1. The first-order chi connectivity index (χ1) is 13.6. The lowest BCUT2D eigenvalue weighted by Gasteiger charge is -2.31. The smallest absolute Gasteiger partial charge is 0.191 e. The highest BCUT2D eigenvalue weighted by Crippen LogP contribution is 2.26. The maximum absolute atomic E-state index is 14.0. The van der Waals surface area contributed by atoms with Crippen LogP contribution < -0.4 is 15.5 Å². The number of nitrogens with zero attached hydrogens (tertiary/aromatic N) is 3. The summed E-state index contributed by atoms with van der Waals surface area (Å²) >= 11 is 0. The van der Waals surface area contributed by atoms with Crippen LogP contribution in [-0.4, -0.2) is 75.4 Å². The summed E-state index contributed by atoms with van der Waals surface area (Å²) in [6.45, 7) is 10.2. The summed E-state index contributed by atoms with van der Waals surface area (Å²) in [5, 5.41) is 6.70. The van der Waals surface area contributed by atoms with E-state index in [0.29, 0.717) is 25.7 Å². The van der Waals surface area contributed by atoms with E-state index in [0.717, 1.165) is 45.2 Å². The molecule has 0 saturated carbocycles. The summed E-state index contributed by atoms with van der Waals surface area (Å²) < 4.78 is 33.5. The van der Waals surface area contributed by atoms with Crippen LogP contribution in [0, 0.1) is 11.6 Å². The van der Waals surface area contributed by atoms with Crippen LogP contribution in [0.3, 0.4) is 0 Å². The fourth-order valence-corrected chi connectivity index (χ4v) is 3.74.